The molecule has 7 nitrogen and oxygen atoms in total. The molecule has 1 aliphatic rings. The van der Waals surface area contributed by atoms with E-state index in [0.717, 1.165) is 5.56 Å². The summed E-state index contributed by atoms with van der Waals surface area (Å²) in [6.45, 7) is 7.98. The van der Waals surface area contributed by atoms with Crippen LogP contribution in [-0.2, 0) is 14.3 Å². The minimum Gasteiger partial charge on any atom is -0.460 e. The Labute approximate surface area is 172 Å². The van der Waals surface area contributed by atoms with Crippen molar-refractivity contribution >= 4 is 23.7 Å². The fraction of sp³-hybridized carbons (Fsp3) is 0.545. The molecule has 3 amide bonds. The van der Waals surface area contributed by atoms with Gasteiger partial charge in [0.1, 0.15) is 5.60 Å². The molecule has 0 saturated carbocycles. The lowest BCUT2D eigenvalue weighted by atomic mass is 10.1. The number of carbonyl (C=O) groups excluding carboxylic acids is 4. The molecule has 0 N–H and O–H groups in total. The highest BCUT2D eigenvalue weighted by atomic mass is 16.6. The minimum absolute atomic E-state index is 0.0818. The summed E-state index contributed by atoms with van der Waals surface area (Å²) in [7, 11) is 1.68. The van der Waals surface area contributed by atoms with Gasteiger partial charge in [-0.1, -0.05) is 11.6 Å². The first-order chi connectivity index (χ1) is 13.5. The molecule has 1 aliphatic heterocycles. The lowest BCUT2D eigenvalue weighted by molar-refractivity contribution is -0.155. The lowest BCUT2D eigenvalue weighted by Crippen LogP contribution is -2.33. The average molecular weight is 402 g/mol. The molecular weight excluding hydrogens is 372 g/mol. The van der Waals surface area contributed by atoms with Crippen molar-refractivity contribution in [1.29, 1.82) is 0 Å². The van der Waals surface area contributed by atoms with Gasteiger partial charge in [0.15, 0.2) is 0 Å². The molecule has 0 spiro atoms. The molecule has 0 aromatic heterocycles. The van der Waals surface area contributed by atoms with Gasteiger partial charge in [0, 0.05) is 33.0 Å². The Hall–Kier alpha value is -2.70. The van der Waals surface area contributed by atoms with E-state index in [-0.39, 0.29) is 43.1 Å². The van der Waals surface area contributed by atoms with Crippen LogP contribution in [0.4, 0.5) is 0 Å². The SMILES string of the molecule is Cc1ccc2c(c1)C(=O)N(CCCC(=O)N(C)CCCC(=O)OC(C)(C)C)C2=O. The van der Waals surface area contributed by atoms with Crippen LogP contribution < -0.4 is 0 Å². The monoisotopic (exact) mass is 402 g/mol. The highest BCUT2D eigenvalue weighted by Gasteiger charge is 2.35. The zero-order valence-corrected chi connectivity index (χ0v) is 17.9. The maximum absolute atomic E-state index is 12.4. The molecule has 0 aliphatic carbocycles. The van der Waals surface area contributed by atoms with Crippen molar-refractivity contribution in [2.45, 2.75) is 59.0 Å². The molecule has 1 heterocycles. The molecule has 0 bridgehead atoms. The number of esters is 1. The van der Waals surface area contributed by atoms with Gasteiger partial charge in [-0.05, 0) is 52.7 Å². The number of carbonyl (C=O) groups is 4. The average Bonchev–Trinajstić information content (AvgIpc) is 2.84. The fourth-order valence-corrected chi connectivity index (χ4v) is 3.16. The molecule has 29 heavy (non-hydrogen) atoms. The van der Waals surface area contributed by atoms with Gasteiger partial charge < -0.3 is 9.64 Å². The summed E-state index contributed by atoms with van der Waals surface area (Å²) in [4.78, 5) is 51.6. The van der Waals surface area contributed by atoms with Gasteiger partial charge in [0.2, 0.25) is 5.91 Å². The van der Waals surface area contributed by atoms with Gasteiger partial charge in [-0.2, -0.15) is 0 Å². The number of amides is 3. The molecule has 2 rings (SSSR count). The van der Waals surface area contributed by atoms with E-state index in [1.54, 1.807) is 24.1 Å². The highest BCUT2D eigenvalue weighted by Crippen LogP contribution is 2.24. The normalized spacial score (nSPS) is 13.5. The number of aryl methyl sites for hydroxylation is 1. The summed E-state index contributed by atoms with van der Waals surface area (Å²) < 4.78 is 5.24. The van der Waals surface area contributed by atoms with Crippen molar-refractivity contribution < 1.29 is 23.9 Å². The van der Waals surface area contributed by atoms with Crippen LogP contribution in [0, 0.1) is 6.92 Å². The number of ether oxygens (including phenoxy) is 1. The van der Waals surface area contributed by atoms with Crippen LogP contribution in [0.5, 0.6) is 0 Å². The van der Waals surface area contributed by atoms with Gasteiger partial charge in [-0.3, -0.25) is 24.1 Å². The third-order valence-corrected chi connectivity index (χ3v) is 4.62. The van der Waals surface area contributed by atoms with Crippen LogP contribution in [0.1, 0.15) is 72.7 Å². The first-order valence-electron chi connectivity index (χ1n) is 9.92. The van der Waals surface area contributed by atoms with E-state index >= 15 is 0 Å². The second kappa shape index (κ2) is 9.20. The van der Waals surface area contributed by atoms with Crippen LogP contribution in [0.15, 0.2) is 18.2 Å². The van der Waals surface area contributed by atoms with Gasteiger partial charge in [-0.15, -0.1) is 0 Å². The maximum atomic E-state index is 12.4. The molecule has 1 aromatic carbocycles. The molecular formula is C22H30N2O5. The highest BCUT2D eigenvalue weighted by molar-refractivity contribution is 6.21. The van der Waals surface area contributed by atoms with Crippen molar-refractivity contribution in [3.8, 4) is 0 Å². The standard InChI is InChI=1S/C22H30N2O5/c1-15-10-11-16-17(14-15)21(28)24(20(16)27)13-6-8-18(25)23(5)12-7-9-19(26)29-22(2,3)4/h10-11,14H,6-9,12-13H2,1-5H3. The Kier molecular flexibility index (Phi) is 7.16. The summed E-state index contributed by atoms with van der Waals surface area (Å²) in [6, 6.07) is 5.21. The van der Waals surface area contributed by atoms with Crippen molar-refractivity contribution in [3.05, 3.63) is 34.9 Å². The van der Waals surface area contributed by atoms with E-state index in [9.17, 15) is 19.2 Å². The number of nitrogens with zero attached hydrogens (tertiary/aromatic N) is 2. The third-order valence-electron chi connectivity index (χ3n) is 4.62. The van der Waals surface area contributed by atoms with Crippen LogP contribution in [-0.4, -0.2) is 59.2 Å². The van der Waals surface area contributed by atoms with E-state index in [1.165, 1.54) is 4.90 Å². The second-order valence-electron chi connectivity index (χ2n) is 8.42. The van der Waals surface area contributed by atoms with Crippen LogP contribution in [0.25, 0.3) is 0 Å². The lowest BCUT2D eigenvalue weighted by Gasteiger charge is -2.21. The van der Waals surface area contributed by atoms with E-state index in [2.05, 4.69) is 0 Å². The van der Waals surface area contributed by atoms with Crippen LogP contribution in [0.2, 0.25) is 0 Å². The van der Waals surface area contributed by atoms with Crippen LogP contribution >= 0.6 is 0 Å². The maximum Gasteiger partial charge on any atom is 0.306 e. The summed E-state index contributed by atoms with van der Waals surface area (Å²) in [5, 5.41) is 0. The minimum atomic E-state index is -0.512. The van der Waals surface area contributed by atoms with Crippen molar-refractivity contribution in [2.75, 3.05) is 20.1 Å². The molecule has 0 saturated heterocycles. The summed E-state index contributed by atoms with van der Waals surface area (Å²) in [5.41, 5.74) is 1.27. The molecule has 7 heteroatoms. The molecule has 0 radical (unpaired) electrons. The summed E-state index contributed by atoms with van der Waals surface area (Å²) >= 11 is 0. The summed E-state index contributed by atoms with van der Waals surface area (Å²) in [6.07, 6.45) is 1.41. The zero-order valence-electron chi connectivity index (χ0n) is 17.9. The first kappa shape index (κ1) is 22.6. The fourth-order valence-electron chi connectivity index (χ4n) is 3.16. The Morgan fingerprint density at radius 1 is 1.03 bits per heavy atom. The van der Waals surface area contributed by atoms with Crippen molar-refractivity contribution in [3.63, 3.8) is 0 Å². The van der Waals surface area contributed by atoms with Gasteiger partial charge in [0.05, 0.1) is 11.1 Å². The Balaban J connectivity index is 1.74. The molecule has 0 unspecified atom stereocenters. The van der Waals surface area contributed by atoms with E-state index < -0.39 is 5.60 Å². The van der Waals surface area contributed by atoms with Gasteiger partial charge >= 0.3 is 5.97 Å². The molecule has 1 aromatic rings. The Bertz CT molecular complexity index is 810. The van der Waals surface area contributed by atoms with E-state index in [0.29, 0.717) is 30.5 Å². The number of imide groups is 1. The number of hydrogen-bond acceptors (Lipinski definition) is 5. The molecule has 158 valence electrons. The van der Waals surface area contributed by atoms with E-state index in [1.807, 2.05) is 33.8 Å². The van der Waals surface area contributed by atoms with Crippen molar-refractivity contribution in [2.24, 2.45) is 0 Å². The predicted octanol–water partition coefficient (Wildman–Crippen LogP) is 2.95. The van der Waals surface area contributed by atoms with Crippen molar-refractivity contribution in [1.82, 2.24) is 9.80 Å². The van der Waals surface area contributed by atoms with E-state index in [4.69, 9.17) is 4.74 Å². The summed E-state index contributed by atoms with van der Waals surface area (Å²) in [5.74, 6) is -0.962. The quantitative estimate of drug-likeness (QED) is 0.493. The Morgan fingerprint density at radius 2 is 1.69 bits per heavy atom. The van der Waals surface area contributed by atoms with Gasteiger partial charge in [-0.25, -0.2) is 0 Å². The van der Waals surface area contributed by atoms with Gasteiger partial charge in [0.25, 0.3) is 11.8 Å². The largest absolute Gasteiger partial charge is 0.460 e. The number of hydrogen-bond donors (Lipinski definition) is 0. The Morgan fingerprint density at radius 3 is 2.34 bits per heavy atom. The smallest absolute Gasteiger partial charge is 0.306 e. The topological polar surface area (TPSA) is 84.0 Å². The number of fused-ring (bicyclic) bond motifs is 1. The molecule has 0 fully saturated rings. The number of benzene rings is 1. The number of rotatable bonds is 8. The second-order valence-corrected chi connectivity index (χ2v) is 8.42. The predicted molar refractivity (Wildman–Crippen MR) is 108 cm³/mol. The van der Waals surface area contributed by atoms with Crippen LogP contribution in [0.3, 0.4) is 0 Å². The first-order valence-corrected chi connectivity index (χ1v) is 9.92. The zero-order chi connectivity index (χ0) is 21.8. The molecule has 0 atom stereocenters. The third kappa shape index (κ3) is 6.14.